The number of carbonyl (C=O) groups is 5. The summed E-state index contributed by atoms with van der Waals surface area (Å²) >= 11 is 0. The molecule has 2 heterocycles. The van der Waals surface area contributed by atoms with Gasteiger partial charge in [-0.2, -0.15) is 0 Å². The highest BCUT2D eigenvalue weighted by Crippen LogP contribution is 2.66. The van der Waals surface area contributed by atoms with E-state index >= 15 is 0 Å². The number of hydrogen-bond donors (Lipinski definition) is 2. The SMILES string of the molecule is CC(=O)O[C@H]1/C=C(\C)[C@H](O)[C@H]2OC(=O)[C@]3(C)O[C@]23[C@@H](OC(C)=O)[C@H]2[C@@H](C)[C@@H](O)C[C@H](OC(C)=O)[C@]2(C)[C@H]1OC(C)=O. The first kappa shape index (κ1) is 30.9. The molecule has 41 heavy (non-hydrogen) atoms. The number of epoxide rings is 1. The van der Waals surface area contributed by atoms with E-state index < -0.39 is 101 Å². The Hall–Kier alpha value is -3.03. The first-order valence-corrected chi connectivity index (χ1v) is 13.6. The lowest BCUT2D eigenvalue weighted by atomic mass is 9.53. The van der Waals surface area contributed by atoms with Gasteiger partial charge in [0.1, 0.15) is 18.3 Å². The molecule has 2 aliphatic carbocycles. The van der Waals surface area contributed by atoms with E-state index in [1.165, 1.54) is 26.8 Å². The number of hydrogen-bond acceptors (Lipinski definition) is 13. The molecule has 3 fully saturated rings. The van der Waals surface area contributed by atoms with Crippen LogP contribution >= 0.6 is 0 Å². The van der Waals surface area contributed by atoms with Gasteiger partial charge in [-0.25, -0.2) is 4.79 Å². The van der Waals surface area contributed by atoms with Gasteiger partial charge in [0.2, 0.25) is 0 Å². The molecule has 4 rings (SSSR count). The van der Waals surface area contributed by atoms with Gasteiger partial charge in [-0.3, -0.25) is 19.2 Å². The third kappa shape index (κ3) is 4.71. The lowest BCUT2D eigenvalue weighted by Crippen LogP contribution is -2.68. The zero-order valence-corrected chi connectivity index (χ0v) is 24.4. The molecule has 12 atom stereocenters. The summed E-state index contributed by atoms with van der Waals surface area (Å²) in [5, 5.41) is 22.7. The van der Waals surface area contributed by atoms with Crippen molar-refractivity contribution in [2.45, 2.75) is 116 Å². The van der Waals surface area contributed by atoms with Gasteiger partial charge in [0.05, 0.1) is 11.5 Å². The number of aliphatic hydroxyl groups is 2. The zero-order valence-electron chi connectivity index (χ0n) is 24.4. The molecule has 0 unspecified atom stereocenters. The Morgan fingerprint density at radius 2 is 1.44 bits per heavy atom. The third-order valence-corrected chi connectivity index (χ3v) is 9.20. The summed E-state index contributed by atoms with van der Waals surface area (Å²) in [5.74, 6) is -5.59. The molecule has 0 amide bonds. The van der Waals surface area contributed by atoms with E-state index in [0.717, 1.165) is 20.8 Å². The Kier molecular flexibility index (Phi) is 7.81. The van der Waals surface area contributed by atoms with Gasteiger partial charge >= 0.3 is 29.8 Å². The minimum atomic E-state index is -1.72. The van der Waals surface area contributed by atoms with E-state index in [0.29, 0.717) is 0 Å². The normalized spacial score (nSPS) is 46.2. The molecule has 2 N–H and O–H groups in total. The molecule has 13 nitrogen and oxygen atoms in total. The number of carbonyl (C=O) groups excluding carboxylic acids is 5. The average molecular weight is 583 g/mol. The molecule has 2 aliphatic heterocycles. The highest BCUT2D eigenvalue weighted by molar-refractivity contribution is 5.89. The molecular weight excluding hydrogens is 544 g/mol. The number of ether oxygens (including phenoxy) is 6. The zero-order chi connectivity index (χ0) is 30.8. The van der Waals surface area contributed by atoms with Gasteiger partial charge in [0.15, 0.2) is 29.5 Å². The summed E-state index contributed by atoms with van der Waals surface area (Å²) in [7, 11) is 0. The second-order valence-electron chi connectivity index (χ2n) is 11.9. The van der Waals surface area contributed by atoms with E-state index in [9.17, 15) is 34.2 Å². The summed E-state index contributed by atoms with van der Waals surface area (Å²) in [6, 6.07) is 0. The van der Waals surface area contributed by atoms with Gasteiger partial charge in [-0.15, -0.1) is 0 Å². The monoisotopic (exact) mass is 582 g/mol. The lowest BCUT2D eigenvalue weighted by Gasteiger charge is -2.57. The molecule has 1 saturated carbocycles. The van der Waals surface area contributed by atoms with Crippen LogP contribution < -0.4 is 0 Å². The summed E-state index contributed by atoms with van der Waals surface area (Å²) in [6.45, 7) is 10.9. The van der Waals surface area contributed by atoms with E-state index in [-0.39, 0.29) is 12.0 Å². The Morgan fingerprint density at radius 1 is 0.902 bits per heavy atom. The van der Waals surface area contributed by atoms with Crippen molar-refractivity contribution in [3.8, 4) is 0 Å². The fourth-order valence-electron chi connectivity index (χ4n) is 7.31. The van der Waals surface area contributed by atoms with Crippen molar-refractivity contribution in [1.29, 1.82) is 0 Å². The van der Waals surface area contributed by atoms with Crippen LogP contribution in [0.4, 0.5) is 0 Å². The molecule has 0 radical (unpaired) electrons. The molecule has 0 bridgehead atoms. The molecule has 0 aromatic heterocycles. The topological polar surface area (TPSA) is 184 Å². The number of rotatable bonds is 4. The lowest BCUT2D eigenvalue weighted by molar-refractivity contribution is -0.244. The van der Waals surface area contributed by atoms with Gasteiger partial charge in [-0.05, 0) is 31.4 Å². The highest BCUT2D eigenvalue weighted by atomic mass is 16.7. The van der Waals surface area contributed by atoms with Crippen LogP contribution in [0.2, 0.25) is 0 Å². The maximum Gasteiger partial charge on any atom is 0.342 e. The Labute approximate surface area is 237 Å². The van der Waals surface area contributed by atoms with Crippen molar-refractivity contribution in [2.75, 3.05) is 0 Å². The third-order valence-electron chi connectivity index (χ3n) is 9.20. The summed E-state index contributed by atoms with van der Waals surface area (Å²) in [6.07, 6.45) is -8.00. The Morgan fingerprint density at radius 3 is 1.95 bits per heavy atom. The molecule has 2 saturated heterocycles. The van der Waals surface area contributed by atoms with Gasteiger partial charge in [-0.1, -0.05) is 13.8 Å². The first-order valence-electron chi connectivity index (χ1n) is 13.6. The predicted molar refractivity (Wildman–Crippen MR) is 135 cm³/mol. The van der Waals surface area contributed by atoms with Crippen LogP contribution in [0.1, 0.15) is 61.8 Å². The van der Waals surface area contributed by atoms with Crippen molar-refractivity contribution < 1.29 is 62.6 Å². The van der Waals surface area contributed by atoms with Crippen LogP contribution in [0.15, 0.2) is 11.6 Å². The molecule has 228 valence electrons. The smallest absolute Gasteiger partial charge is 0.342 e. The fraction of sp³-hybridized carbons (Fsp3) is 0.750. The van der Waals surface area contributed by atoms with Crippen LogP contribution in [-0.2, 0) is 52.4 Å². The number of fused-ring (bicyclic) bond motifs is 1. The summed E-state index contributed by atoms with van der Waals surface area (Å²) in [4.78, 5) is 63.0. The Balaban J connectivity index is 2.10. The molecule has 0 aromatic rings. The number of esters is 5. The molecular formula is C28H38O13. The van der Waals surface area contributed by atoms with Crippen molar-refractivity contribution in [3.05, 3.63) is 11.6 Å². The highest BCUT2D eigenvalue weighted by Gasteiger charge is 2.88. The molecule has 13 heteroatoms. The number of aliphatic hydroxyl groups excluding tert-OH is 2. The van der Waals surface area contributed by atoms with Gasteiger partial charge in [0.25, 0.3) is 0 Å². The van der Waals surface area contributed by atoms with E-state index in [4.69, 9.17) is 28.4 Å². The van der Waals surface area contributed by atoms with Crippen LogP contribution in [0, 0.1) is 17.3 Å². The minimum absolute atomic E-state index is 0.0968. The van der Waals surface area contributed by atoms with E-state index in [1.54, 1.807) is 13.8 Å². The first-order chi connectivity index (χ1) is 18.9. The second-order valence-corrected chi connectivity index (χ2v) is 11.9. The van der Waals surface area contributed by atoms with Gasteiger partial charge < -0.3 is 38.6 Å². The van der Waals surface area contributed by atoms with E-state index in [1.807, 2.05) is 0 Å². The average Bonchev–Trinajstić information content (AvgIpc) is 3.42. The summed E-state index contributed by atoms with van der Waals surface area (Å²) in [5.41, 5.74) is -4.71. The van der Waals surface area contributed by atoms with Gasteiger partial charge in [0, 0.05) is 40.0 Å². The van der Waals surface area contributed by atoms with Crippen molar-refractivity contribution in [1.82, 2.24) is 0 Å². The summed E-state index contributed by atoms with van der Waals surface area (Å²) < 4.78 is 34.9. The van der Waals surface area contributed by atoms with Crippen molar-refractivity contribution in [2.24, 2.45) is 17.3 Å². The fourth-order valence-corrected chi connectivity index (χ4v) is 7.31. The van der Waals surface area contributed by atoms with Crippen molar-refractivity contribution in [3.63, 3.8) is 0 Å². The standard InChI is InChI=1S/C28H38O13/c1-11-9-18(36-13(3)29)22(38-15(5)31)26(7)19(37-14(4)30)10-17(33)12(2)20(26)23(39-16(6)32)28-24(21(11)34)40-25(35)27(28,8)41-28/h9,12,17-24,33-34H,10H2,1-8H3/b11-9+/t12-,17-,18-,19-,20+,21-,22-,23-,24+,26-,27-,28+/m0/s1. The molecule has 4 aliphatic rings. The van der Waals surface area contributed by atoms with Crippen molar-refractivity contribution >= 4 is 29.8 Å². The second kappa shape index (κ2) is 10.4. The maximum atomic E-state index is 13.1. The molecule has 0 aromatic carbocycles. The predicted octanol–water partition coefficient (Wildman–Crippen LogP) is 0.510. The van der Waals surface area contributed by atoms with E-state index in [2.05, 4.69) is 0 Å². The van der Waals surface area contributed by atoms with Crippen LogP contribution in [0.3, 0.4) is 0 Å². The largest absolute Gasteiger partial charge is 0.462 e. The van der Waals surface area contributed by atoms with Crippen LogP contribution in [0.5, 0.6) is 0 Å². The van der Waals surface area contributed by atoms with Crippen LogP contribution in [-0.4, -0.2) is 94.0 Å². The minimum Gasteiger partial charge on any atom is -0.462 e. The molecule has 1 spiro atoms. The Bertz CT molecular complexity index is 1180. The quantitative estimate of drug-likeness (QED) is 0.202. The van der Waals surface area contributed by atoms with Crippen LogP contribution in [0.25, 0.3) is 0 Å². The maximum absolute atomic E-state index is 13.1.